The van der Waals surface area contributed by atoms with Crippen molar-refractivity contribution >= 4 is 5.97 Å². The van der Waals surface area contributed by atoms with Crippen LogP contribution in [0.1, 0.15) is 0 Å². The van der Waals surface area contributed by atoms with Crippen molar-refractivity contribution in [3.63, 3.8) is 0 Å². The van der Waals surface area contributed by atoms with Crippen LogP contribution >= 0.6 is 0 Å². The van der Waals surface area contributed by atoms with Crippen LogP contribution < -0.4 is 0 Å². The molecule has 0 unspecified atom stereocenters. The van der Waals surface area contributed by atoms with Crippen molar-refractivity contribution in [3.05, 3.63) is 6.61 Å². The van der Waals surface area contributed by atoms with Gasteiger partial charge < -0.3 is 55.4 Å². The molecule has 2 rings (SSSR count). The summed E-state index contributed by atoms with van der Waals surface area (Å²) in [5.41, 5.74) is 0. The molecule has 0 amide bonds. The lowest BCUT2D eigenvalue weighted by Crippen LogP contribution is -2.59. The molecule has 0 aliphatic carbocycles. The molecule has 2 heterocycles. The molecule has 2 aliphatic heterocycles. The molecule has 0 aromatic carbocycles. The third-order valence-corrected chi connectivity index (χ3v) is 3.49. The number of rotatable bonds is 2. The van der Waals surface area contributed by atoms with Crippen molar-refractivity contribution in [1.82, 2.24) is 0 Å². The second-order valence-corrected chi connectivity index (χ2v) is 5.22. The lowest BCUT2D eigenvalue weighted by atomic mass is 9.99. The fourth-order valence-electron chi connectivity index (χ4n) is 1.98. The molecule has 0 aromatic rings. The fraction of sp³-hybridized carbons (Fsp3) is 0.833. The number of hydrogen-bond donors (Lipinski definition) is 9. The maximum Gasteiger partial charge on any atom is 0.335 e. The van der Waals surface area contributed by atoms with Gasteiger partial charge >= 0.3 is 5.97 Å². The van der Waals surface area contributed by atoms with E-state index in [9.17, 15) is 4.79 Å². The Kier molecular flexibility index (Phi) is 7.88. The van der Waals surface area contributed by atoms with Crippen LogP contribution in [0, 0.1) is 6.61 Å². The summed E-state index contributed by atoms with van der Waals surface area (Å²) >= 11 is 0. The van der Waals surface area contributed by atoms with Crippen LogP contribution in [0.2, 0.25) is 0 Å². The van der Waals surface area contributed by atoms with Crippen molar-refractivity contribution in [2.24, 2.45) is 0 Å². The number of aliphatic carboxylic acids is 1. The van der Waals surface area contributed by atoms with Gasteiger partial charge in [0, 0.05) is 0 Å². The number of aliphatic hydroxyl groups excluding tert-OH is 8. The number of aliphatic hydroxyl groups is 8. The van der Waals surface area contributed by atoms with Gasteiger partial charge in [-0.3, -0.25) is 0 Å². The Morgan fingerprint density at radius 3 is 1.96 bits per heavy atom. The van der Waals surface area contributed by atoms with Crippen LogP contribution in [-0.2, 0) is 14.3 Å². The van der Waals surface area contributed by atoms with Gasteiger partial charge in [0.05, 0.1) is 6.61 Å². The van der Waals surface area contributed by atoms with Crippen molar-refractivity contribution in [2.75, 3.05) is 6.61 Å². The summed E-state index contributed by atoms with van der Waals surface area (Å²) in [6.45, 7) is 0.611. The Morgan fingerprint density at radius 1 is 0.875 bits per heavy atom. The highest BCUT2D eigenvalue weighted by atomic mass is 16.6. The molecule has 141 valence electrons. The van der Waals surface area contributed by atoms with Crippen LogP contribution in [0.3, 0.4) is 0 Å². The second-order valence-electron chi connectivity index (χ2n) is 5.22. The number of ether oxygens (including phenoxy) is 2. The number of carboxylic acid groups (broad SMARTS) is 1. The summed E-state index contributed by atoms with van der Waals surface area (Å²) in [5, 5.41) is 79.9. The zero-order chi connectivity index (χ0) is 18.6. The van der Waals surface area contributed by atoms with E-state index in [0.717, 1.165) is 6.61 Å². The minimum atomic E-state index is -1.81. The summed E-state index contributed by atoms with van der Waals surface area (Å²) in [6.07, 6.45) is -13.3. The molecule has 2 fully saturated rings. The van der Waals surface area contributed by atoms with E-state index in [4.69, 9.17) is 46.0 Å². The van der Waals surface area contributed by atoms with E-state index in [1.165, 1.54) is 0 Å². The largest absolute Gasteiger partial charge is 0.479 e. The Morgan fingerprint density at radius 2 is 1.46 bits per heavy atom. The molecule has 12 nitrogen and oxygen atoms in total. The fourth-order valence-corrected chi connectivity index (χ4v) is 1.98. The monoisotopic (exact) mass is 357 g/mol. The number of hydrogen-bond acceptors (Lipinski definition) is 11. The lowest BCUT2D eigenvalue weighted by molar-refractivity contribution is -0.279. The Labute approximate surface area is 135 Å². The van der Waals surface area contributed by atoms with E-state index in [1.54, 1.807) is 0 Å². The lowest BCUT2D eigenvalue weighted by Gasteiger charge is -2.36. The maximum absolute atomic E-state index is 10.4. The Bertz CT molecular complexity index is 403. The zero-order valence-electron chi connectivity index (χ0n) is 12.2. The molecular weight excluding hydrogens is 336 g/mol. The molecule has 0 saturated carbocycles. The first kappa shape index (κ1) is 21.1. The summed E-state index contributed by atoms with van der Waals surface area (Å²) in [7, 11) is 0. The molecule has 2 saturated heterocycles. The highest BCUT2D eigenvalue weighted by Gasteiger charge is 2.46. The van der Waals surface area contributed by atoms with Crippen LogP contribution in [-0.4, -0.2) is 114 Å². The van der Waals surface area contributed by atoms with Gasteiger partial charge in [0.2, 0.25) is 0 Å². The predicted octanol–water partition coefficient (Wildman–Crippen LogP) is -5.51. The van der Waals surface area contributed by atoms with Gasteiger partial charge in [-0.25, -0.2) is 4.79 Å². The average molecular weight is 357 g/mol. The van der Waals surface area contributed by atoms with Crippen LogP contribution in [0.15, 0.2) is 0 Å². The van der Waals surface area contributed by atoms with E-state index in [0.29, 0.717) is 0 Å². The van der Waals surface area contributed by atoms with E-state index in [-0.39, 0.29) is 6.61 Å². The van der Waals surface area contributed by atoms with Gasteiger partial charge in [0.25, 0.3) is 0 Å². The summed E-state index contributed by atoms with van der Waals surface area (Å²) in [4.78, 5) is 10.4. The average Bonchev–Trinajstić information content (AvgIpc) is 2.54. The molecule has 12 heteroatoms. The molecular formula is C12H21O12. The second kappa shape index (κ2) is 8.96. The third kappa shape index (κ3) is 4.80. The zero-order valence-corrected chi connectivity index (χ0v) is 12.2. The summed E-state index contributed by atoms with van der Waals surface area (Å²) < 4.78 is 9.03. The molecule has 0 bridgehead atoms. The smallest absolute Gasteiger partial charge is 0.335 e. The number of carbonyl (C=O) groups is 1. The van der Waals surface area contributed by atoms with Crippen molar-refractivity contribution in [1.29, 1.82) is 0 Å². The van der Waals surface area contributed by atoms with Crippen LogP contribution in [0.25, 0.3) is 0 Å². The van der Waals surface area contributed by atoms with E-state index in [2.05, 4.69) is 9.47 Å². The van der Waals surface area contributed by atoms with Gasteiger partial charge in [0.1, 0.15) is 49.3 Å². The highest BCUT2D eigenvalue weighted by Crippen LogP contribution is 2.19. The molecule has 0 spiro atoms. The first-order valence-electron chi connectivity index (χ1n) is 6.86. The van der Waals surface area contributed by atoms with Gasteiger partial charge in [-0.05, 0) is 0 Å². The van der Waals surface area contributed by atoms with Gasteiger partial charge in [0.15, 0.2) is 12.4 Å². The SMILES string of the molecule is O=C(O)[C@H]1O[C@@H](O)[C@H](O)[C@@H](O)[C@@H]1O.OC[C@H]1O[CH][C@H](O)[C@@H](O)[C@@H]1O. The van der Waals surface area contributed by atoms with Gasteiger partial charge in [-0.15, -0.1) is 0 Å². The van der Waals surface area contributed by atoms with Crippen molar-refractivity contribution in [3.8, 4) is 0 Å². The summed E-state index contributed by atoms with van der Waals surface area (Å²) in [5.74, 6) is -1.52. The molecule has 9 N–H and O–H groups in total. The van der Waals surface area contributed by atoms with Gasteiger partial charge in [-0.2, -0.15) is 0 Å². The highest BCUT2D eigenvalue weighted by molar-refractivity contribution is 5.73. The predicted molar refractivity (Wildman–Crippen MR) is 70.8 cm³/mol. The van der Waals surface area contributed by atoms with Gasteiger partial charge in [-0.1, -0.05) is 0 Å². The normalized spacial score (nSPS) is 45.9. The molecule has 1 radical (unpaired) electrons. The Hall–Kier alpha value is -0.930. The standard InChI is InChI=1S/C6H10O7.C6H11O5/c7-1-2(8)4(5(10)11)13-6(12)3(1)9;7-1-4-6(10)5(9)3(8)2-11-4/h1-4,6-9,12H,(H,10,11);2-10H,1H2/t1-,2-,3+,4-,6+;3-,4+,5+,6+/m00/s1. The quantitative estimate of drug-likeness (QED) is 0.226. The number of carboxylic acids is 1. The topological polar surface area (TPSA) is 218 Å². The molecule has 0 aromatic heterocycles. The minimum absolute atomic E-state index is 0.387. The minimum Gasteiger partial charge on any atom is -0.479 e. The molecule has 2 aliphatic rings. The summed E-state index contributed by atoms with van der Waals surface area (Å²) in [6, 6.07) is 0. The third-order valence-electron chi connectivity index (χ3n) is 3.49. The van der Waals surface area contributed by atoms with Crippen LogP contribution in [0.5, 0.6) is 0 Å². The van der Waals surface area contributed by atoms with E-state index < -0.39 is 61.1 Å². The van der Waals surface area contributed by atoms with Crippen molar-refractivity contribution in [2.45, 2.75) is 55.1 Å². The Balaban J connectivity index is 0.000000243. The van der Waals surface area contributed by atoms with Crippen molar-refractivity contribution < 1.29 is 60.2 Å². The maximum atomic E-state index is 10.4. The first-order chi connectivity index (χ1) is 11.1. The van der Waals surface area contributed by atoms with E-state index >= 15 is 0 Å². The molecule has 9 atom stereocenters. The van der Waals surface area contributed by atoms with E-state index in [1.807, 2.05) is 0 Å². The van der Waals surface area contributed by atoms with Crippen LogP contribution in [0.4, 0.5) is 0 Å². The first-order valence-corrected chi connectivity index (χ1v) is 6.86. The molecule has 24 heavy (non-hydrogen) atoms.